The Balaban J connectivity index is 2.35. The topological polar surface area (TPSA) is 50.4 Å². The molecule has 2 N–H and O–H groups in total. The summed E-state index contributed by atoms with van der Waals surface area (Å²) in [7, 11) is 0. The molecule has 1 aliphatic rings. The monoisotopic (exact) mass is 218 g/mol. The highest BCUT2D eigenvalue weighted by Crippen LogP contribution is 2.28. The molecule has 4 nitrogen and oxygen atoms in total. The molecule has 5 heteroatoms. The van der Waals surface area contributed by atoms with E-state index in [9.17, 15) is 9.18 Å². The van der Waals surface area contributed by atoms with E-state index in [1.807, 2.05) is 0 Å². The Hall–Kier alpha value is -0.840. The maximum absolute atomic E-state index is 13.0. The summed E-state index contributed by atoms with van der Waals surface area (Å²) in [6.45, 7) is 3.69. The largest absolute Gasteiger partial charge is 0.450 e. The molecule has 0 aromatic rings. The quantitative estimate of drug-likeness (QED) is 0.742. The number of carbonyl (C=O) groups is 1. The van der Waals surface area contributed by atoms with E-state index in [-0.39, 0.29) is 6.67 Å². The van der Waals surface area contributed by atoms with Crippen LogP contribution >= 0.6 is 0 Å². The molecular formula is C10H19FN2O2. The number of alkyl carbamates (subject to hydrolysis) is 1. The van der Waals surface area contributed by atoms with Gasteiger partial charge in [0.05, 0.1) is 13.3 Å². The van der Waals surface area contributed by atoms with Gasteiger partial charge in [-0.1, -0.05) is 0 Å². The van der Waals surface area contributed by atoms with Crippen LogP contribution in [0.2, 0.25) is 0 Å². The van der Waals surface area contributed by atoms with Crippen molar-refractivity contribution in [2.24, 2.45) is 5.41 Å². The fourth-order valence-electron chi connectivity index (χ4n) is 1.76. The van der Waals surface area contributed by atoms with Crippen LogP contribution in [0.15, 0.2) is 0 Å². The number of hydrogen-bond acceptors (Lipinski definition) is 3. The molecule has 0 spiro atoms. The zero-order valence-corrected chi connectivity index (χ0v) is 9.14. The zero-order valence-electron chi connectivity index (χ0n) is 9.14. The highest BCUT2D eigenvalue weighted by Gasteiger charge is 2.32. The summed E-state index contributed by atoms with van der Waals surface area (Å²) in [6, 6.07) is 0. The summed E-state index contributed by atoms with van der Waals surface area (Å²) < 4.78 is 17.7. The third kappa shape index (κ3) is 3.66. The lowest BCUT2D eigenvalue weighted by atomic mass is 9.80. The fourth-order valence-corrected chi connectivity index (χ4v) is 1.76. The zero-order chi connectivity index (χ0) is 11.1. The van der Waals surface area contributed by atoms with Crippen molar-refractivity contribution in [3.05, 3.63) is 0 Å². The van der Waals surface area contributed by atoms with Crippen molar-refractivity contribution in [3.8, 4) is 0 Å². The van der Waals surface area contributed by atoms with Crippen LogP contribution < -0.4 is 10.6 Å². The van der Waals surface area contributed by atoms with Crippen molar-refractivity contribution in [1.82, 2.24) is 10.6 Å². The first-order chi connectivity index (χ1) is 7.22. The average molecular weight is 218 g/mol. The molecule has 0 radical (unpaired) electrons. The van der Waals surface area contributed by atoms with Gasteiger partial charge in [-0.25, -0.2) is 4.79 Å². The number of carbonyl (C=O) groups excluding carboxylic acids is 1. The van der Waals surface area contributed by atoms with Gasteiger partial charge in [-0.15, -0.1) is 0 Å². The van der Waals surface area contributed by atoms with Gasteiger partial charge in [-0.05, 0) is 32.9 Å². The van der Waals surface area contributed by atoms with E-state index in [1.165, 1.54) is 0 Å². The second-order valence-electron chi connectivity index (χ2n) is 3.96. The Morgan fingerprint density at radius 2 is 2.20 bits per heavy atom. The Kier molecular flexibility index (Phi) is 4.81. The van der Waals surface area contributed by atoms with Crippen molar-refractivity contribution in [2.75, 3.05) is 32.9 Å². The Bertz CT molecular complexity index is 206. The maximum Gasteiger partial charge on any atom is 0.407 e. The third-order valence-electron chi connectivity index (χ3n) is 2.83. The summed E-state index contributed by atoms with van der Waals surface area (Å²) in [5.74, 6) is 0. The minimum atomic E-state index is -0.455. The number of rotatable bonds is 4. The molecule has 0 aromatic carbocycles. The molecule has 1 fully saturated rings. The van der Waals surface area contributed by atoms with Gasteiger partial charge in [0.15, 0.2) is 0 Å². The Morgan fingerprint density at radius 1 is 1.53 bits per heavy atom. The fraction of sp³-hybridized carbons (Fsp3) is 0.900. The molecule has 88 valence electrons. The highest BCUT2D eigenvalue weighted by atomic mass is 19.1. The van der Waals surface area contributed by atoms with Crippen molar-refractivity contribution in [1.29, 1.82) is 0 Å². The first-order valence-electron chi connectivity index (χ1n) is 5.40. The van der Waals surface area contributed by atoms with E-state index >= 15 is 0 Å². The van der Waals surface area contributed by atoms with Crippen LogP contribution in [0.1, 0.15) is 19.8 Å². The molecular weight excluding hydrogens is 199 g/mol. The van der Waals surface area contributed by atoms with Crippen LogP contribution in [0.25, 0.3) is 0 Å². The van der Waals surface area contributed by atoms with E-state index in [2.05, 4.69) is 10.6 Å². The lowest BCUT2D eigenvalue weighted by Gasteiger charge is -2.35. The van der Waals surface area contributed by atoms with Gasteiger partial charge in [-0.2, -0.15) is 0 Å². The second kappa shape index (κ2) is 5.90. The van der Waals surface area contributed by atoms with E-state index in [4.69, 9.17) is 4.74 Å². The van der Waals surface area contributed by atoms with Gasteiger partial charge in [-0.3, -0.25) is 4.39 Å². The number of alkyl halides is 1. The van der Waals surface area contributed by atoms with Gasteiger partial charge in [0, 0.05) is 12.0 Å². The van der Waals surface area contributed by atoms with Crippen molar-refractivity contribution in [2.45, 2.75) is 19.8 Å². The molecule has 1 rings (SSSR count). The van der Waals surface area contributed by atoms with Crippen molar-refractivity contribution in [3.63, 3.8) is 0 Å². The molecule has 0 unspecified atom stereocenters. The molecule has 15 heavy (non-hydrogen) atoms. The molecule has 1 aliphatic heterocycles. The molecule has 0 saturated carbocycles. The number of hydrogen-bond donors (Lipinski definition) is 2. The van der Waals surface area contributed by atoms with Crippen LogP contribution in [0.3, 0.4) is 0 Å². The van der Waals surface area contributed by atoms with Crippen LogP contribution in [-0.4, -0.2) is 39.0 Å². The van der Waals surface area contributed by atoms with Gasteiger partial charge in [0.25, 0.3) is 0 Å². The molecule has 0 aliphatic carbocycles. The lowest BCUT2D eigenvalue weighted by molar-refractivity contribution is 0.121. The van der Waals surface area contributed by atoms with Crippen molar-refractivity contribution < 1.29 is 13.9 Å². The SMILES string of the molecule is CCOC(=O)NCC1(CF)CCNCC1. The van der Waals surface area contributed by atoms with Crippen LogP contribution in [0.4, 0.5) is 9.18 Å². The van der Waals surface area contributed by atoms with Crippen LogP contribution in [0, 0.1) is 5.41 Å². The molecule has 1 heterocycles. The van der Waals surface area contributed by atoms with E-state index in [1.54, 1.807) is 6.92 Å². The highest BCUT2D eigenvalue weighted by molar-refractivity contribution is 5.67. The first-order valence-corrected chi connectivity index (χ1v) is 5.40. The Labute approximate surface area is 89.6 Å². The lowest BCUT2D eigenvalue weighted by Crippen LogP contribution is -2.46. The normalized spacial score (nSPS) is 19.6. The van der Waals surface area contributed by atoms with Crippen molar-refractivity contribution >= 4 is 6.09 Å². The van der Waals surface area contributed by atoms with E-state index in [0.29, 0.717) is 13.2 Å². The third-order valence-corrected chi connectivity index (χ3v) is 2.83. The standard InChI is InChI=1S/C10H19FN2O2/c1-2-15-9(14)13-8-10(7-11)3-5-12-6-4-10/h12H,2-8H2,1H3,(H,13,14). The number of ether oxygens (including phenoxy) is 1. The van der Waals surface area contributed by atoms with Crippen LogP contribution in [-0.2, 0) is 4.74 Å². The molecule has 1 saturated heterocycles. The van der Waals surface area contributed by atoms with Crippen LogP contribution in [0.5, 0.6) is 0 Å². The number of nitrogens with one attached hydrogen (secondary N) is 2. The number of halogens is 1. The first kappa shape index (κ1) is 12.2. The second-order valence-corrected chi connectivity index (χ2v) is 3.96. The van der Waals surface area contributed by atoms with E-state index in [0.717, 1.165) is 25.9 Å². The Morgan fingerprint density at radius 3 is 2.73 bits per heavy atom. The molecule has 0 aromatic heterocycles. The number of amides is 1. The minimum absolute atomic E-state index is 0.343. The maximum atomic E-state index is 13.0. The van der Waals surface area contributed by atoms with E-state index < -0.39 is 11.5 Å². The summed E-state index contributed by atoms with van der Waals surface area (Å²) in [6.07, 6.45) is 1.06. The predicted octanol–water partition coefficient (Wildman–Crippen LogP) is 1.07. The minimum Gasteiger partial charge on any atom is -0.450 e. The number of piperidine rings is 1. The average Bonchev–Trinajstić information content (AvgIpc) is 2.28. The van der Waals surface area contributed by atoms with Gasteiger partial charge >= 0.3 is 6.09 Å². The molecule has 0 bridgehead atoms. The van der Waals surface area contributed by atoms with Gasteiger partial charge in [0.2, 0.25) is 0 Å². The smallest absolute Gasteiger partial charge is 0.407 e. The summed E-state index contributed by atoms with van der Waals surface area (Å²) in [5.41, 5.74) is -0.391. The summed E-state index contributed by atoms with van der Waals surface area (Å²) in [5, 5.41) is 5.79. The molecule has 0 atom stereocenters. The summed E-state index contributed by atoms with van der Waals surface area (Å²) in [4.78, 5) is 11.1. The predicted molar refractivity (Wildman–Crippen MR) is 55.5 cm³/mol. The summed E-state index contributed by atoms with van der Waals surface area (Å²) >= 11 is 0. The van der Waals surface area contributed by atoms with Gasteiger partial charge < -0.3 is 15.4 Å². The van der Waals surface area contributed by atoms with Gasteiger partial charge in [0.1, 0.15) is 0 Å². The molecule has 1 amide bonds.